The quantitative estimate of drug-likeness (QED) is 0.552. The molecule has 0 saturated heterocycles. The van der Waals surface area contributed by atoms with Gasteiger partial charge in [0.15, 0.2) is 0 Å². The minimum absolute atomic E-state index is 0.155. The summed E-state index contributed by atoms with van der Waals surface area (Å²) in [4.78, 5) is 25.5. The Labute approximate surface area is 79.2 Å². The first kappa shape index (κ1) is 10.2. The molecule has 14 heavy (non-hydrogen) atoms. The number of aliphatic hydroxyl groups excluding tert-OH is 1. The van der Waals surface area contributed by atoms with E-state index in [0.29, 0.717) is 5.69 Å². The van der Waals surface area contributed by atoms with Crippen LogP contribution in [0.1, 0.15) is 5.69 Å². The average molecular weight is 198 g/mol. The third kappa shape index (κ3) is 1.88. The maximum atomic E-state index is 11.4. The number of hydrogen-bond donors (Lipinski definition) is 3. The smallest absolute Gasteiger partial charge is 0.317 e. The van der Waals surface area contributed by atoms with Gasteiger partial charge in [0, 0.05) is 7.05 Å². The molecule has 76 valence electrons. The molecule has 7 heteroatoms. The van der Waals surface area contributed by atoms with Crippen LogP contribution in [0.3, 0.4) is 0 Å². The van der Waals surface area contributed by atoms with Crippen LogP contribution in [0.15, 0.2) is 11.0 Å². The Bertz CT molecular complexity index is 412. The fourth-order valence-corrected chi connectivity index (χ4v) is 0.919. The first-order chi connectivity index (χ1) is 6.56. The van der Waals surface area contributed by atoms with Crippen molar-refractivity contribution in [2.75, 3.05) is 5.32 Å². The fraction of sp³-hybridized carbons (Fsp3) is 0.286. The number of amides is 2. The largest absolute Gasteiger partial charge is 0.390 e. The Morgan fingerprint density at radius 1 is 1.79 bits per heavy atom. The van der Waals surface area contributed by atoms with Gasteiger partial charge in [-0.15, -0.1) is 0 Å². The summed E-state index contributed by atoms with van der Waals surface area (Å²) in [6.45, 7) is -0.296. The molecular weight excluding hydrogens is 188 g/mol. The predicted octanol–water partition coefficient (Wildman–Crippen LogP) is -1.24. The Balaban J connectivity index is 3.17. The van der Waals surface area contributed by atoms with E-state index in [1.807, 2.05) is 0 Å². The lowest BCUT2D eigenvalue weighted by Crippen LogP contribution is -2.30. The summed E-state index contributed by atoms with van der Waals surface area (Å²) in [5, 5.41) is 10.9. The van der Waals surface area contributed by atoms with Crippen molar-refractivity contribution >= 4 is 11.8 Å². The van der Waals surface area contributed by atoms with Crippen molar-refractivity contribution in [3.8, 4) is 0 Å². The summed E-state index contributed by atoms with van der Waals surface area (Å²) in [5.41, 5.74) is 4.66. The van der Waals surface area contributed by atoms with E-state index in [4.69, 9.17) is 10.8 Å². The highest BCUT2D eigenvalue weighted by atomic mass is 16.3. The summed E-state index contributed by atoms with van der Waals surface area (Å²) in [5.74, 6) is -0.155. The van der Waals surface area contributed by atoms with E-state index in [2.05, 4.69) is 10.3 Å². The van der Waals surface area contributed by atoms with Crippen molar-refractivity contribution in [1.82, 2.24) is 9.55 Å². The normalized spacial score (nSPS) is 9.86. The minimum Gasteiger partial charge on any atom is -0.390 e. The van der Waals surface area contributed by atoms with Crippen molar-refractivity contribution in [3.63, 3.8) is 0 Å². The molecule has 1 aromatic heterocycles. The number of aliphatic hydroxyl groups is 1. The second kappa shape index (κ2) is 3.88. The highest BCUT2D eigenvalue weighted by Crippen LogP contribution is 1.97. The van der Waals surface area contributed by atoms with Gasteiger partial charge >= 0.3 is 6.03 Å². The Kier molecular flexibility index (Phi) is 2.82. The third-order valence-electron chi connectivity index (χ3n) is 1.68. The minimum atomic E-state index is -0.855. The molecular formula is C7H10N4O3. The van der Waals surface area contributed by atoms with E-state index in [1.165, 1.54) is 17.8 Å². The number of nitrogens with one attached hydrogen (secondary N) is 1. The molecule has 7 nitrogen and oxygen atoms in total. The monoisotopic (exact) mass is 198 g/mol. The van der Waals surface area contributed by atoms with Crippen LogP contribution in [0.5, 0.6) is 0 Å². The van der Waals surface area contributed by atoms with Crippen LogP contribution in [0, 0.1) is 0 Å². The van der Waals surface area contributed by atoms with Crippen LogP contribution in [0.4, 0.5) is 10.6 Å². The van der Waals surface area contributed by atoms with E-state index in [1.54, 1.807) is 0 Å². The number of carbonyl (C=O) groups is 1. The summed E-state index contributed by atoms with van der Waals surface area (Å²) in [6, 6.07) is -0.855. The van der Waals surface area contributed by atoms with Crippen LogP contribution in [-0.2, 0) is 13.7 Å². The highest BCUT2D eigenvalue weighted by molar-refractivity contribution is 5.86. The first-order valence-electron chi connectivity index (χ1n) is 3.78. The summed E-state index contributed by atoms with van der Waals surface area (Å²) in [7, 11) is 1.46. The molecule has 2 amide bonds. The molecule has 0 aliphatic carbocycles. The number of nitrogens with two attached hydrogens (primary N) is 1. The van der Waals surface area contributed by atoms with E-state index >= 15 is 0 Å². The number of nitrogens with zero attached hydrogens (tertiary/aromatic N) is 2. The molecule has 0 atom stereocenters. The number of urea groups is 1. The summed E-state index contributed by atoms with van der Waals surface area (Å²) >= 11 is 0. The number of primary amides is 1. The summed E-state index contributed by atoms with van der Waals surface area (Å²) < 4.78 is 1.18. The zero-order valence-corrected chi connectivity index (χ0v) is 7.52. The van der Waals surface area contributed by atoms with E-state index in [9.17, 15) is 9.59 Å². The number of carbonyl (C=O) groups excluding carboxylic acids is 1. The molecule has 0 aliphatic heterocycles. The molecule has 0 aliphatic rings. The summed E-state index contributed by atoms with van der Waals surface area (Å²) in [6.07, 6.45) is 1.28. The van der Waals surface area contributed by atoms with Crippen molar-refractivity contribution < 1.29 is 9.90 Å². The number of rotatable bonds is 2. The lowest BCUT2D eigenvalue weighted by Gasteiger charge is -2.06. The molecule has 1 aromatic rings. The van der Waals surface area contributed by atoms with Crippen LogP contribution < -0.4 is 16.6 Å². The van der Waals surface area contributed by atoms with Gasteiger partial charge in [0.2, 0.25) is 5.82 Å². The molecule has 0 saturated carbocycles. The van der Waals surface area contributed by atoms with E-state index in [0.717, 1.165) is 0 Å². The van der Waals surface area contributed by atoms with E-state index in [-0.39, 0.29) is 12.4 Å². The van der Waals surface area contributed by atoms with E-state index < -0.39 is 11.6 Å². The molecule has 0 spiro atoms. The van der Waals surface area contributed by atoms with Gasteiger partial charge in [0.25, 0.3) is 5.56 Å². The molecule has 0 radical (unpaired) electrons. The van der Waals surface area contributed by atoms with Crippen molar-refractivity contribution in [2.24, 2.45) is 12.8 Å². The van der Waals surface area contributed by atoms with Gasteiger partial charge in [0.1, 0.15) is 0 Å². The van der Waals surface area contributed by atoms with Crippen LogP contribution in [-0.4, -0.2) is 20.7 Å². The van der Waals surface area contributed by atoms with Gasteiger partial charge in [-0.05, 0) is 0 Å². The van der Waals surface area contributed by atoms with Crippen molar-refractivity contribution in [1.29, 1.82) is 0 Å². The fourth-order valence-electron chi connectivity index (χ4n) is 0.919. The molecule has 0 bridgehead atoms. The van der Waals surface area contributed by atoms with Gasteiger partial charge in [0.05, 0.1) is 18.5 Å². The van der Waals surface area contributed by atoms with Gasteiger partial charge in [-0.25, -0.2) is 9.78 Å². The Morgan fingerprint density at radius 2 is 2.43 bits per heavy atom. The maximum Gasteiger partial charge on any atom is 0.317 e. The lowest BCUT2D eigenvalue weighted by molar-refractivity contribution is 0.259. The lowest BCUT2D eigenvalue weighted by atomic mass is 10.4. The second-order valence-corrected chi connectivity index (χ2v) is 2.61. The Hall–Kier alpha value is -1.89. The molecule has 1 heterocycles. The second-order valence-electron chi connectivity index (χ2n) is 2.61. The predicted molar refractivity (Wildman–Crippen MR) is 48.6 cm³/mol. The number of hydrogen-bond acceptors (Lipinski definition) is 4. The van der Waals surface area contributed by atoms with Crippen molar-refractivity contribution in [3.05, 3.63) is 22.2 Å². The molecule has 0 aromatic carbocycles. The van der Waals surface area contributed by atoms with Crippen LogP contribution in [0.2, 0.25) is 0 Å². The van der Waals surface area contributed by atoms with Gasteiger partial charge in [-0.1, -0.05) is 0 Å². The zero-order valence-electron chi connectivity index (χ0n) is 7.52. The van der Waals surface area contributed by atoms with Crippen LogP contribution in [0.25, 0.3) is 0 Å². The van der Waals surface area contributed by atoms with Crippen LogP contribution >= 0.6 is 0 Å². The highest BCUT2D eigenvalue weighted by Gasteiger charge is 2.07. The SMILES string of the molecule is Cn1c(CO)cnc(NC(N)=O)c1=O. The topological polar surface area (TPSA) is 110 Å². The third-order valence-corrected chi connectivity index (χ3v) is 1.68. The molecule has 4 N–H and O–H groups in total. The molecule has 0 unspecified atom stereocenters. The molecule has 0 fully saturated rings. The van der Waals surface area contributed by atoms with Crippen molar-refractivity contribution in [2.45, 2.75) is 6.61 Å². The average Bonchev–Trinajstić information content (AvgIpc) is 2.13. The van der Waals surface area contributed by atoms with Gasteiger partial charge in [-0.2, -0.15) is 0 Å². The molecule has 1 rings (SSSR count). The number of anilines is 1. The Morgan fingerprint density at radius 3 is 2.93 bits per heavy atom. The van der Waals surface area contributed by atoms with Gasteiger partial charge in [-0.3, -0.25) is 10.1 Å². The number of aromatic nitrogens is 2. The maximum absolute atomic E-state index is 11.4. The van der Waals surface area contributed by atoms with Gasteiger partial charge < -0.3 is 15.4 Å². The standard InChI is InChI=1S/C7H10N4O3/c1-11-4(3-12)2-9-5(6(11)13)10-7(8)14/h2,12H,3H2,1H3,(H3,8,9,10,14). The zero-order chi connectivity index (χ0) is 10.7. The first-order valence-corrected chi connectivity index (χ1v) is 3.78.